The molecule has 0 aromatic heterocycles. The van der Waals surface area contributed by atoms with E-state index in [0.29, 0.717) is 28.0 Å². The highest BCUT2D eigenvalue weighted by Crippen LogP contribution is 2.24. The number of benzene rings is 1. The van der Waals surface area contributed by atoms with Gasteiger partial charge in [0.15, 0.2) is 0 Å². The van der Waals surface area contributed by atoms with Gasteiger partial charge in [-0.15, -0.1) is 0 Å². The summed E-state index contributed by atoms with van der Waals surface area (Å²) in [6.45, 7) is 9.94. The van der Waals surface area contributed by atoms with Gasteiger partial charge in [-0.1, -0.05) is 49.5 Å². The van der Waals surface area contributed by atoms with E-state index >= 15 is 0 Å². The van der Waals surface area contributed by atoms with Crippen molar-refractivity contribution >= 4 is 23.2 Å². The molecule has 1 fully saturated rings. The Morgan fingerprint density at radius 1 is 1.35 bits per heavy atom. The molecular weight excluding hydrogens is 291 g/mol. The van der Waals surface area contributed by atoms with Crippen LogP contribution in [0.4, 0.5) is 0 Å². The number of nitrogens with zero attached hydrogens (tertiary/aromatic N) is 1. The molecule has 3 unspecified atom stereocenters. The maximum Gasteiger partial charge on any atom is 0.0595 e. The molecule has 1 aliphatic heterocycles. The first kappa shape index (κ1) is 16.1. The minimum absolute atomic E-state index is 0.546. The molecule has 1 N–H and O–H groups in total. The lowest BCUT2D eigenvalue weighted by molar-refractivity contribution is 0.112. The molecule has 0 amide bonds. The maximum atomic E-state index is 6.11. The number of hydrogen-bond acceptors (Lipinski definition) is 2. The Kier molecular flexibility index (Phi) is 5.74. The zero-order valence-corrected chi connectivity index (χ0v) is 14.0. The van der Waals surface area contributed by atoms with Gasteiger partial charge in [0.25, 0.3) is 0 Å². The Labute approximate surface area is 132 Å². The van der Waals surface area contributed by atoms with Crippen molar-refractivity contribution in [2.24, 2.45) is 5.92 Å². The molecule has 0 bridgehead atoms. The van der Waals surface area contributed by atoms with Crippen molar-refractivity contribution in [2.45, 2.75) is 45.8 Å². The summed E-state index contributed by atoms with van der Waals surface area (Å²) in [6, 6.07) is 7.07. The predicted molar refractivity (Wildman–Crippen MR) is 87.6 cm³/mol. The molecule has 20 heavy (non-hydrogen) atoms. The van der Waals surface area contributed by atoms with Crippen LogP contribution in [-0.4, -0.2) is 30.1 Å². The highest BCUT2D eigenvalue weighted by atomic mass is 35.5. The molecule has 1 aromatic rings. The first-order valence-corrected chi connectivity index (χ1v) is 8.18. The molecule has 1 heterocycles. The van der Waals surface area contributed by atoms with Gasteiger partial charge in [0.1, 0.15) is 0 Å². The van der Waals surface area contributed by atoms with Crippen molar-refractivity contribution < 1.29 is 0 Å². The monoisotopic (exact) mass is 314 g/mol. The summed E-state index contributed by atoms with van der Waals surface area (Å²) in [5.41, 5.74) is 1.23. The Bertz CT molecular complexity index is 450. The molecule has 0 aliphatic carbocycles. The van der Waals surface area contributed by atoms with Gasteiger partial charge >= 0.3 is 0 Å². The van der Waals surface area contributed by atoms with Gasteiger partial charge in [-0.05, 0) is 30.5 Å². The van der Waals surface area contributed by atoms with Crippen LogP contribution in [0.5, 0.6) is 0 Å². The summed E-state index contributed by atoms with van der Waals surface area (Å²) in [4.78, 5) is 2.53. The van der Waals surface area contributed by atoms with Crippen LogP contribution in [0.2, 0.25) is 10.0 Å². The van der Waals surface area contributed by atoms with Crippen LogP contribution in [0.15, 0.2) is 18.2 Å². The van der Waals surface area contributed by atoms with Crippen molar-refractivity contribution in [3.05, 3.63) is 33.8 Å². The lowest BCUT2D eigenvalue weighted by atomic mass is 9.95. The minimum atomic E-state index is 0.546. The zero-order valence-electron chi connectivity index (χ0n) is 12.5. The second kappa shape index (κ2) is 7.13. The van der Waals surface area contributed by atoms with E-state index in [1.54, 1.807) is 0 Å². The highest BCUT2D eigenvalue weighted by Gasteiger charge is 2.27. The SMILES string of the molecule is CCC(C)C1CN(Cc2ccc(Cl)c(Cl)c2)C(C)CN1. The van der Waals surface area contributed by atoms with E-state index in [-0.39, 0.29) is 0 Å². The van der Waals surface area contributed by atoms with Gasteiger partial charge in [-0.25, -0.2) is 0 Å². The molecular formula is C16H24Cl2N2. The molecule has 0 spiro atoms. The van der Waals surface area contributed by atoms with Gasteiger partial charge in [0, 0.05) is 31.7 Å². The first-order valence-electron chi connectivity index (χ1n) is 7.42. The lowest BCUT2D eigenvalue weighted by Gasteiger charge is -2.41. The fourth-order valence-electron chi connectivity index (χ4n) is 2.71. The molecule has 112 valence electrons. The van der Waals surface area contributed by atoms with Gasteiger partial charge < -0.3 is 5.32 Å². The third kappa shape index (κ3) is 3.88. The summed E-state index contributed by atoms with van der Waals surface area (Å²) in [7, 11) is 0. The Morgan fingerprint density at radius 3 is 2.75 bits per heavy atom. The van der Waals surface area contributed by atoms with E-state index in [1.807, 2.05) is 12.1 Å². The molecule has 0 saturated carbocycles. The van der Waals surface area contributed by atoms with E-state index < -0.39 is 0 Å². The molecule has 1 aliphatic rings. The molecule has 2 nitrogen and oxygen atoms in total. The molecule has 4 heteroatoms. The summed E-state index contributed by atoms with van der Waals surface area (Å²) in [5, 5.41) is 4.94. The Hall–Kier alpha value is -0.280. The van der Waals surface area contributed by atoms with Gasteiger partial charge in [-0.2, -0.15) is 0 Å². The van der Waals surface area contributed by atoms with Crippen LogP contribution in [0.3, 0.4) is 0 Å². The van der Waals surface area contributed by atoms with Crippen LogP contribution in [0.25, 0.3) is 0 Å². The lowest BCUT2D eigenvalue weighted by Crippen LogP contribution is -2.56. The summed E-state index contributed by atoms with van der Waals surface area (Å²) in [5.74, 6) is 0.707. The smallest absolute Gasteiger partial charge is 0.0595 e. The fourth-order valence-corrected chi connectivity index (χ4v) is 3.03. The van der Waals surface area contributed by atoms with E-state index in [4.69, 9.17) is 23.2 Å². The van der Waals surface area contributed by atoms with E-state index in [0.717, 1.165) is 19.6 Å². The number of hydrogen-bond donors (Lipinski definition) is 1. The van der Waals surface area contributed by atoms with Crippen molar-refractivity contribution in [2.75, 3.05) is 13.1 Å². The van der Waals surface area contributed by atoms with E-state index in [1.165, 1.54) is 12.0 Å². The zero-order chi connectivity index (χ0) is 14.7. The normalized spacial score (nSPS) is 25.6. The molecule has 2 rings (SSSR count). The quantitative estimate of drug-likeness (QED) is 0.896. The van der Waals surface area contributed by atoms with Crippen LogP contribution >= 0.6 is 23.2 Å². The van der Waals surface area contributed by atoms with Gasteiger partial charge in [-0.3, -0.25) is 4.90 Å². The third-order valence-electron chi connectivity index (χ3n) is 4.43. The average Bonchev–Trinajstić information content (AvgIpc) is 2.44. The number of nitrogens with one attached hydrogen (secondary N) is 1. The summed E-state index contributed by atoms with van der Waals surface area (Å²) >= 11 is 12.1. The maximum absolute atomic E-state index is 6.11. The summed E-state index contributed by atoms with van der Waals surface area (Å²) in [6.07, 6.45) is 1.21. The predicted octanol–water partition coefficient (Wildman–Crippen LogP) is 4.20. The average molecular weight is 315 g/mol. The van der Waals surface area contributed by atoms with Crippen LogP contribution in [0, 0.1) is 5.92 Å². The van der Waals surface area contributed by atoms with E-state index in [2.05, 4.69) is 37.1 Å². The number of piperazine rings is 1. The first-order chi connectivity index (χ1) is 9.51. The van der Waals surface area contributed by atoms with Gasteiger partial charge in [0.05, 0.1) is 10.0 Å². The molecule has 0 radical (unpaired) electrons. The van der Waals surface area contributed by atoms with Crippen LogP contribution < -0.4 is 5.32 Å². The Morgan fingerprint density at radius 2 is 2.10 bits per heavy atom. The van der Waals surface area contributed by atoms with Gasteiger partial charge in [0.2, 0.25) is 0 Å². The van der Waals surface area contributed by atoms with Crippen molar-refractivity contribution in [1.29, 1.82) is 0 Å². The number of halogens is 2. The topological polar surface area (TPSA) is 15.3 Å². The second-order valence-electron chi connectivity index (χ2n) is 5.93. The fraction of sp³-hybridized carbons (Fsp3) is 0.625. The number of rotatable bonds is 4. The third-order valence-corrected chi connectivity index (χ3v) is 5.17. The molecule has 1 saturated heterocycles. The molecule has 1 aromatic carbocycles. The van der Waals surface area contributed by atoms with E-state index in [9.17, 15) is 0 Å². The summed E-state index contributed by atoms with van der Waals surface area (Å²) < 4.78 is 0. The standard InChI is InChI=1S/C16H24Cl2N2/c1-4-11(2)16-10-20(12(3)8-19-16)9-13-5-6-14(17)15(18)7-13/h5-7,11-12,16,19H,4,8-10H2,1-3H3. The minimum Gasteiger partial charge on any atom is -0.311 e. The highest BCUT2D eigenvalue weighted by molar-refractivity contribution is 6.42. The largest absolute Gasteiger partial charge is 0.311 e. The second-order valence-corrected chi connectivity index (χ2v) is 6.74. The van der Waals surface area contributed by atoms with Crippen molar-refractivity contribution in [1.82, 2.24) is 10.2 Å². The van der Waals surface area contributed by atoms with Crippen molar-refractivity contribution in [3.8, 4) is 0 Å². The van der Waals surface area contributed by atoms with Crippen LogP contribution in [0.1, 0.15) is 32.8 Å². The molecule has 3 atom stereocenters. The van der Waals surface area contributed by atoms with Crippen LogP contribution in [-0.2, 0) is 6.54 Å². The Balaban J connectivity index is 2.04. The van der Waals surface area contributed by atoms with Crippen molar-refractivity contribution in [3.63, 3.8) is 0 Å².